The van der Waals surface area contributed by atoms with Crippen LogP contribution in [-0.4, -0.2) is 38.9 Å². The average molecular weight is 254 g/mol. The van der Waals surface area contributed by atoms with Gasteiger partial charge in [-0.15, -0.1) is 5.10 Å². The van der Waals surface area contributed by atoms with Crippen molar-refractivity contribution in [3.63, 3.8) is 0 Å². The van der Waals surface area contributed by atoms with Crippen LogP contribution in [0.3, 0.4) is 0 Å². The first kappa shape index (κ1) is 12.3. The third-order valence-electron chi connectivity index (χ3n) is 3.22. The van der Waals surface area contributed by atoms with Crippen molar-refractivity contribution in [2.45, 2.75) is 6.92 Å². The van der Waals surface area contributed by atoms with Crippen LogP contribution in [0.2, 0.25) is 0 Å². The standard InChI is InChI=1S/C10H14N4O4/c1-6-3-13(4-7(6)10(15)16)9-8(14(17)18)5-12(2)11-9/h5-7H,3-4H2,1-2H3,(H,15,16)/t6-,7-/m1/s1. The van der Waals surface area contributed by atoms with Gasteiger partial charge in [-0.1, -0.05) is 6.92 Å². The molecule has 1 fully saturated rings. The number of nitrogens with zero attached hydrogens (tertiary/aromatic N) is 4. The van der Waals surface area contributed by atoms with E-state index in [9.17, 15) is 14.9 Å². The molecule has 8 heteroatoms. The van der Waals surface area contributed by atoms with Crippen LogP contribution in [0.15, 0.2) is 6.20 Å². The van der Waals surface area contributed by atoms with E-state index in [4.69, 9.17) is 5.11 Å². The van der Waals surface area contributed by atoms with Gasteiger partial charge in [0.25, 0.3) is 0 Å². The highest BCUT2D eigenvalue weighted by molar-refractivity contribution is 5.73. The highest BCUT2D eigenvalue weighted by atomic mass is 16.6. The van der Waals surface area contributed by atoms with Gasteiger partial charge in [0.15, 0.2) is 0 Å². The number of nitro groups is 1. The number of anilines is 1. The van der Waals surface area contributed by atoms with Crippen molar-refractivity contribution in [1.29, 1.82) is 0 Å². The van der Waals surface area contributed by atoms with Crippen molar-refractivity contribution in [2.75, 3.05) is 18.0 Å². The zero-order valence-corrected chi connectivity index (χ0v) is 10.1. The Morgan fingerprint density at radius 2 is 2.28 bits per heavy atom. The number of carbonyl (C=O) groups is 1. The molecule has 0 radical (unpaired) electrons. The molecule has 18 heavy (non-hydrogen) atoms. The number of aryl methyl sites for hydroxylation is 1. The van der Waals surface area contributed by atoms with E-state index in [0.717, 1.165) is 0 Å². The van der Waals surface area contributed by atoms with Crippen LogP contribution in [0.1, 0.15) is 6.92 Å². The topological polar surface area (TPSA) is 102 Å². The maximum atomic E-state index is 11.0. The molecule has 0 spiro atoms. The third kappa shape index (κ3) is 2.01. The largest absolute Gasteiger partial charge is 0.481 e. The van der Waals surface area contributed by atoms with E-state index in [2.05, 4.69) is 5.10 Å². The summed E-state index contributed by atoms with van der Waals surface area (Å²) in [4.78, 5) is 23.1. The number of aromatic nitrogens is 2. The van der Waals surface area contributed by atoms with Crippen LogP contribution in [0.5, 0.6) is 0 Å². The summed E-state index contributed by atoms with van der Waals surface area (Å²) in [5, 5.41) is 24.0. The fourth-order valence-electron chi connectivity index (χ4n) is 2.28. The molecule has 98 valence electrons. The van der Waals surface area contributed by atoms with Gasteiger partial charge in [-0.3, -0.25) is 19.6 Å². The molecule has 1 aromatic rings. The molecule has 0 bridgehead atoms. The van der Waals surface area contributed by atoms with Crippen molar-refractivity contribution in [1.82, 2.24) is 9.78 Å². The third-order valence-corrected chi connectivity index (χ3v) is 3.22. The summed E-state index contributed by atoms with van der Waals surface area (Å²) >= 11 is 0. The monoisotopic (exact) mass is 254 g/mol. The molecule has 1 saturated heterocycles. The fraction of sp³-hybridized carbons (Fsp3) is 0.600. The first-order valence-electron chi connectivity index (χ1n) is 5.56. The van der Waals surface area contributed by atoms with E-state index in [1.807, 2.05) is 6.92 Å². The van der Waals surface area contributed by atoms with Crippen molar-refractivity contribution in [2.24, 2.45) is 18.9 Å². The van der Waals surface area contributed by atoms with Gasteiger partial charge in [0.05, 0.1) is 10.8 Å². The molecule has 0 saturated carbocycles. The van der Waals surface area contributed by atoms with E-state index in [1.54, 1.807) is 11.9 Å². The lowest BCUT2D eigenvalue weighted by Crippen LogP contribution is -2.24. The van der Waals surface area contributed by atoms with Crippen LogP contribution in [0, 0.1) is 22.0 Å². The van der Waals surface area contributed by atoms with Crippen molar-refractivity contribution < 1.29 is 14.8 Å². The fourth-order valence-corrected chi connectivity index (χ4v) is 2.28. The minimum atomic E-state index is -0.872. The lowest BCUT2D eigenvalue weighted by Gasteiger charge is -2.13. The molecular formula is C10H14N4O4. The summed E-state index contributed by atoms with van der Waals surface area (Å²) in [6.07, 6.45) is 1.33. The zero-order chi connectivity index (χ0) is 13.4. The number of aliphatic carboxylic acids is 1. The molecule has 1 N–H and O–H groups in total. The predicted molar refractivity (Wildman–Crippen MR) is 62.4 cm³/mol. The summed E-state index contributed by atoms with van der Waals surface area (Å²) < 4.78 is 1.37. The summed E-state index contributed by atoms with van der Waals surface area (Å²) in [5.74, 6) is -1.18. The zero-order valence-electron chi connectivity index (χ0n) is 10.1. The molecule has 2 heterocycles. The maximum Gasteiger partial charge on any atom is 0.330 e. The Morgan fingerprint density at radius 3 is 2.78 bits per heavy atom. The highest BCUT2D eigenvalue weighted by Crippen LogP contribution is 2.32. The maximum absolute atomic E-state index is 11.0. The summed E-state index contributed by atoms with van der Waals surface area (Å²) in [6, 6.07) is 0. The molecule has 2 atom stereocenters. The van der Waals surface area contributed by atoms with Gasteiger partial charge < -0.3 is 10.0 Å². The first-order chi connectivity index (χ1) is 8.40. The second kappa shape index (κ2) is 4.28. The smallest absolute Gasteiger partial charge is 0.330 e. The van der Waals surface area contributed by atoms with Crippen LogP contribution in [-0.2, 0) is 11.8 Å². The van der Waals surface area contributed by atoms with Gasteiger partial charge in [0.2, 0.25) is 5.82 Å². The molecule has 0 unspecified atom stereocenters. The Kier molecular flexibility index (Phi) is 2.93. The number of hydrogen-bond acceptors (Lipinski definition) is 5. The Balaban J connectivity index is 2.29. The lowest BCUT2D eigenvalue weighted by molar-refractivity contribution is -0.384. The molecule has 2 rings (SSSR count). The Morgan fingerprint density at radius 1 is 1.61 bits per heavy atom. The van der Waals surface area contributed by atoms with Crippen LogP contribution < -0.4 is 4.90 Å². The average Bonchev–Trinajstić information content (AvgIpc) is 2.81. The number of hydrogen-bond donors (Lipinski definition) is 1. The van der Waals surface area contributed by atoms with Gasteiger partial charge in [-0.25, -0.2) is 0 Å². The first-order valence-corrected chi connectivity index (χ1v) is 5.56. The molecule has 0 aromatic carbocycles. The van der Waals surface area contributed by atoms with E-state index in [0.29, 0.717) is 6.54 Å². The Labute approximate surface area is 103 Å². The van der Waals surface area contributed by atoms with Gasteiger partial charge in [-0.05, 0) is 5.92 Å². The van der Waals surface area contributed by atoms with Gasteiger partial charge in [-0.2, -0.15) is 0 Å². The summed E-state index contributed by atoms with van der Waals surface area (Å²) in [5.41, 5.74) is -0.0873. The van der Waals surface area contributed by atoms with Crippen molar-refractivity contribution in [3.8, 4) is 0 Å². The van der Waals surface area contributed by atoms with Crippen molar-refractivity contribution >= 4 is 17.5 Å². The number of carboxylic acid groups (broad SMARTS) is 1. The molecule has 0 aliphatic carbocycles. The summed E-state index contributed by atoms with van der Waals surface area (Å²) in [7, 11) is 1.60. The minimum absolute atomic E-state index is 0.0517. The van der Waals surface area contributed by atoms with Crippen LogP contribution in [0.4, 0.5) is 11.5 Å². The molecule has 1 aliphatic heterocycles. The predicted octanol–water partition coefficient (Wildman–Crippen LogP) is 0.485. The second-order valence-electron chi connectivity index (χ2n) is 4.60. The van der Waals surface area contributed by atoms with E-state index >= 15 is 0 Å². The van der Waals surface area contributed by atoms with Gasteiger partial charge in [0, 0.05) is 20.1 Å². The van der Waals surface area contributed by atoms with E-state index in [1.165, 1.54) is 10.9 Å². The van der Waals surface area contributed by atoms with Gasteiger partial charge >= 0.3 is 11.7 Å². The summed E-state index contributed by atoms with van der Waals surface area (Å²) in [6.45, 7) is 2.55. The van der Waals surface area contributed by atoms with Crippen molar-refractivity contribution in [3.05, 3.63) is 16.3 Å². The molecule has 0 amide bonds. The lowest BCUT2D eigenvalue weighted by atomic mass is 9.99. The molecule has 8 nitrogen and oxygen atoms in total. The SMILES string of the molecule is C[C@@H]1CN(c2nn(C)cc2[N+](=O)[O-])C[C@H]1C(=O)O. The number of carboxylic acids is 1. The molecule has 1 aliphatic rings. The van der Waals surface area contributed by atoms with Gasteiger partial charge in [0.1, 0.15) is 6.20 Å². The minimum Gasteiger partial charge on any atom is -0.481 e. The normalized spacial score (nSPS) is 23.3. The number of rotatable bonds is 3. The van der Waals surface area contributed by atoms with E-state index in [-0.39, 0.29) is 24.0 Å². The molecule has 1 aromatic heterocycles. The Hall–Kier alpha value is -2.12. The Bertz CT molecular complexity index is 498. The van der Waals surface area contributed by atoms with Crippen LogP contribution >= 0.6 is 0 Å². The van der Waals surface area contributed by atoms with E-state index < -0.39 is 16.8 Å². The quantitative estimate of drug-likeness (QED) is 0.622. The highest BCUT2D eigenvalue weighted by Gasteiger charge is 2.38. The second-order valence-corrected chi connectivity index (χ2v) is 4.60. The van der Waals surface area contributed by atoms with Crippen LogP contribution in [0.25, 0.3) is 0 Å². The molecular weight excluding hydrogens is 240 g/mol.